The van der Waals surface area contributed by atoms with Crippen LogP contribution in [-0.2, 0) is 0 Å². The first kappa shape index (κ1) is 22.4. The highest BCUT2D eigenvalue weighted by Crippen LogP contribution is 2.52. The number of hydrogen-bond donors (Lipinski definition) is 0. The van der Waals surface area contributed by atoms with Gasteiger partial charge in [0.15, 0.2) is 11.6 Å². The van der Waals surface area contributed by atoms with Gasteiger partial charge in [0.05, 0.1) is 0 Å². The van der Waals surface area contributed by atoms with Crippen LogP contribution >= 0.6 is 0 Å². The van der Waals surface area contributed by atoms with E-state index in [-0.39, 0.29) is 23.4 Å². The Morgan fingerprint density at radius 3 is 1.25 bits per heavy atom. The molecule has 0 aliphatic heterocycles. The van der Waals surface area contributed by atoms with E-state index in [1.54, 1.807) is 0 Å². The molecule has 4 aromatic rings. The zero-order valence-electron chi connectivity index (χ0n) is 21.1. The number of hydrogen-bond acceptors (Lipinski definition) is 2. The Bertz CT molecular complexity index is 1500. The number of aryl methyl sites for hydroxylation is 4. The maximum absolute atomic E-state index is 14.1. The number of benzene rings is 4. The zero-order chi connectivity index (χ0) is 25.1. The summed E-state index contributed by atoms with van der Waals surface area (Å²) in [6.45, 7) is 8.36. The van der Waals surface area contributed by atoms with Crippen LogP contribution in [0.5, 0.6) is 0 Å². The van der Waals surface area contributed by atoms with E-state index in [1.165, 1.54) is 11.1 Å². The Kier molecular flexibility index (Phi) is 5.15. The van der Waals surface area contributed by atoms with Crippen molar-refractivity contribution in [1.82, 2.24) is 0 Å². The van der Waals surface area contributed by atoms with Gasteiger partial charge in [-0.15, -0.1) is 0 Å². The number of fused-ring (bicyclic) bond motifs is 2. The van der Waals surface area contributed by atoms with Crippen molar-refractivity contribution in [2.75, 3.05) is 0 Å². The van der Waals surface area contributed by atoms with Crippen LogP contribution < -0.4 is 0 Å². The molecule has 0 amide bonds. The monoisotopic (exact) mass is 468 g/mol. The molecule has 2 aliphatic carbocycles. The number of ketones is 2. The van der Waals surface area contributed by atoms with E-state index in [4.69, 9.17) is 0 Å². The van der Waals surface area contributed by atoms with Crippen LogP contribution in [0.25, 0.3) is 0 Å². The summed E-state index contributed by atoms with van der Waals surface area (Å²) in [5, 5.41) is 0. The minimum Gasteiger partial charge on any atom is -0.289 e. The molecule has 0 saturated heterocycles. The van der Waals surface area contributed by atoms with Crippen molar-refractivity contribution in [1.29, 1.82) is 0 Å². The van der Waals surface area contributed by atoms with Gasteiger partial charge in [0.25, 0.3) is 0 Å². The molecule has 0 radical (unpaired) electrons. The average molecular weight is 469 g/mol. The Hall–Kier alpha value is -4.04. The first-order chi connectivity index (χ1) is 17.4. The zero-order valence-corrected chi connectivity index (χ0v) is 21.1. The molecular weight excluding hydrogens is 440 g/mol. The van der Waals surface area contributed by atoms with E-state index in [9.17, 15) is 9.59 Å². The summed E-state index contributed by atoms with van der Waals surface area (Å²) in [5.41, 5.74) is 11.4. The van der Waals surface area contributed by atoms with Gasteiger partial charge in [-0.2, -0.15) is 0 Å². The highest BCUT2D eigenvalue weighted by molar-refractivity contribution is 6.24. The molecule has 4 aromatic carbocycles. The highest BCUT2D eigenvalue weighted by atomic mass is 16.1. The van der Waals surface area contributed by atoms with Gasteiger partial charge in [-0.3, -0.25) is 9.59 Å². The van der Waals surface area contributed by atoms with Gasteiger partial charge in [0.2, 0.25) is 0 Å². The fourth-order valence-corrected chi connectivity index (χ4v) is 6.28. The molecule has 0 fully saturated rings. The fourth-order valence-electron chi connectivity index (χ4n) is 6.28. The van der Waals surface area contributed by atoms with Crippen molar-refractivity contribution in [3.05, 3.63) is 152 Å². The van der Waals surface area contributed by atoms with E-state index < -0.39 is 0 Å². The number of rotatable bonds is 2. The molecule has 0 spiro atoms. The first-order valence-electron chi connectivity index (χ1n) is 12.5. The normalized spacial score (nSPS) is 20.6. The Morgan fingerprint density at radius 1 is 0.472 bits per heavy atom. The largest absolute Gasteiger partial charge is 0.289 e. The van der Waals surface area contributed by atoms with Crippen LogP contribution in [0.4, 0.5) is 0 Å². The Labute approximate surface area is 212 Å². The first-order valence-corrected chi connectivity index (χ1v) is 12.5. The molecule has 0 heterocycles. The third-order valence-corrected chi connectivity index (χ3v) is 7.86. The van der Waals surface area contributed by atoms with Crippen molar-refractivity contribution in [3.8, 4) is 0 Å². The number of Topliss-reactive ketones (excluding diaryl/α,β-unsaturated/α-hetero) is 2. The summed E-state index contributed by atoms with van der Waals surface area (Å²) in [6, 6.07) is 28.5. The van der Waals surface area contributed by atoms with Gasteiger partial charge < -0.3 is 0 Å². The molecule has 0 saturated carbocycles. The standard InChI is InChI=1S/C34H28O2/c1-19-13-15-23(21(3)17-19)29-25-9-5-7-11-27(25)33(35)31(29)32-30(24-16-14-20(2)18-22(24)4)26-10-6-8-12-28(26)34(32)36/h5-18,29-30H,1-4H3/b32-31-/t29-,30-/m0/s1. The molecule has 2 atom stereocenters. The number of carbonyl (C=O) groups excluding carboxylic acids is 2. The maximum Gasteiger partial charge on any atom is 0.190 e. The summed E-state index contributed by atoms with van der Waals surface area (Å²) in [6.07, 6.45) is 0. The van der Waals surface area contributed by atoms with Gasteiger partial charge in [-0.05, 0) is 61.1 Å². The smallest absolute Gasteiger partial charge is 0.190 e. The van der Waals surface area contributed by atoms with Crippen molar-refractivity contribution >= 4 is 11.6 Å². The van der Waals surface area contributed by atoms with Crippen LogP contribution in [0.2, 0.25) is 0 Å². The van der Waals surface area contributed by atoms with Crippen LogP contribution in [0, 0.1) is 27.7 Å². The minimum atomic E-state index is -0.268. The van der Waals surface area contributed by atoms with Crippen LogP contribution in [0.3, 0.4) is 0 Å². The topological polar surface area (TPSA) is 34.1 Å². The van der Waals surface area contributed by atoms with Crippen LogP contribution in [0.15, 0.2) is 96.1 Å². The third-order valence-electron chi connectivity index (χ3n) is 7.86. The molecule has 2 aliphatic rings. The molecule has 176 valence electrons. The summed E-state index contributed by atoms with van der Waals surface area (Å²) in [7, 11) is 0. The maximum atomic E-state index is 14.1. The van der Waals surface area contributed by atoms with E-state index >= 15 is 0 Å². The van der Waals surface area contributed by atoms with Gasteiger partial charge >= 0.3 is 0 Å². The van der Waals surface area contributed by atoms with Gasteiger partial charge in [-0.25, -0.2) is 0 Å². The van der Waals surface area contributed by atoms with E-state index in [1.807, 2.05) is 48.5 Å². The average Bonchev–Trinajstić information content (AvgIpc) is 3.30. The van der Waals surface area contributed by atoms with Crippen molar-refractivity contribution < 1.29 is 9.59 Å². The fraction of sp³-hybridized carbons (Fsp3) is 0.176. The van der Waals surface area contributed by atoms with Crippen LogP contribution in [-0.4, -0.2) is 11.6 Å². The summed E-state index contributed by atoms with van der Waals surface area (Å²) in [4.78, 5) is 28.3. The molecule has 0 aromatic heterocycles. The second kappa shape index (κ2) is 8.27. The lowest BCUT2D eigenvalue weighted by Gasteiger charge is -2.23. The van der Waals surface area contributed by atoms with Gasteiger partial charge in [0.1, 0.15) is 0 Å². The SMILES string of the molecule is Cc1ccc([C@@H]2/C(=C3/C(=O)c4ccccc4[C@@H]3c3ccc(C)cc3C)C(=O)c3ccccc32)c(C)c1. The lowest BCUT2D eigenvalue weighted by molar-refractivity contribution is 0.100. The van der Waals surface area contributed by atoms with E-state index in [0.29, 0.717) is 22.3 Å². The molecule has 0 N–H and O–H groups in total. The number of allylic oxidation sites excluding steroid dienone is 2. The van der Waals surface area contributed by atoms with E-state index in [0.717, 1.165) is 33.4 Å². The lowest BCUT2D eigenvalue weighted by Crippen LogP contribution is -2.15. The molecule has 2 heteroatoms. The summed E-state index contributed by atoms with van der Waals surface area (Å²) < 4.78 is 0. The molecular formula is C34H28O2. The predicted octanol–water partition coefficient (Wildman–Crippen LogP) is 7.57. The molecule has 0 unspecified atom stereocenters. The Balaban J connectivity index is 1.70. The molecule has 6 rings (SSSR count). The number of carbonyl (C=O) groups is 2. The predicted molar refractivity (Wildman–Crippen MR) is 144 cm³/mol. The second-order valence-electron chi connectivity index (χ2n) is 10.2. The second-order valence-corrected chi connectivity index (χ2v) is 10.2. The van der Waals surface area contributed by atoms with Crippen molar-refractivity contribution in [3.63, 3.8) is 0 Å². The molecule has 2 nitrogen and oxygen atoms in total. The van der Waals surface area contributed by atoms with Crippen molar-refractivity contribution in [2.24, 2.45) is 0 Å². The molecule has 36 heavy (non-hydrogen) atoms. The van der Waals surface area contributed by atoms with E-state index in [2.05, 4.69) is 64.1 Å². The van der Waals surface area contributed by atoms with Gasteiger partial charge in [-0.1, -0.05) is 96.1 Å². The van der Waals surface area contributed by atoms with Crippen molar-refractivity contribution in [2.45, 2.75) is 39.5 Å². The lowest BCUT2D eigenvalue weighted by atomic mass is 9.79. The Morgan fingerprint density at radius 2 is 0.861 bits per heavy atom. The summed E-state index contributed by atoms with van der Waals surface area (Å²) in [5.74, 6) is -0.588. The minimum absolute atomic E-state index is 0.0264. The molecule has 0 bridgehead atoms. The highest BCUT2D eigenvalue weighted by Gasteiger charge is 2.45. The summed E-state index contributed by atoms with van der Waals surface area (Å²) >= 11 is 0. The van der Waals surface area contributed by atoms with Crippen LogP contribution in [0.1, 0.15) is 77.1 Å². The van der Waals surface area contributed by atoms with Gasteiger partial charge in [0, 0.05) is 34.1 Å². The third kappa shape index (κ3) is 3.25. The quantitative estimate of drug-likeness (QED) is 0.284.